The Morgan fingerprint density at radius 2 is 2.35 bits per heavy atom. The third-order valence-electron chi connectivity index (χ3n) is 3.98. The Hall–Kier alpha value is -0.490. The van der Waals surface area contributed by atoms with Gasteiger partial charge in [-0.25, -0.2) is 4.39 Å². The molecule has 0 radical (unpaired) electrons. The van der Waals surface area contributed by atoms with Crippen LogP contribution in [0.2, 0.25) is 0 Å². The van der Waals surface area contributed by atoms with E-state index >= 15 is 0 Å². The van der Waals surface area contributed by atoms with E-state index in [1.165, 1.54) is 18.9 Å². The van der Waals surface area contributed by atoms with Crippen molar-refractivity contribution in [1.29, 1.82) is 0 Å². The van der Waals surface area contributed by atoms with E-state index < -0.39 is 0 Å². The fraction of sp³-hybridized carbons (Fsp3) is 0.600. The summed E-state index contributed by atoms with van der Waals surface area (Å²) in [6.07, 6.45) is 2.40. The topological polar surface area (TPSA) is 35.5 Å². The van der Waals surface area contributed by atoms with Gasteiger partial charge in [0.25, 0.3) is 0 Å². The number of nitrogens with one attached hydrogen (secondary N) is 1. The van der Waals surface area contributed by atoms with Gasteiger partial charge in [0.1, 0.15) is 5.82 Å². The number of rotatable bonds is 6. The van der Waals surface area contributed by atoms with Crippen molar-refractivity contribution in [2.24, 2.45) is 0 Å². The van der Waals surface area contributed by atoms with E-state index in [4.69, 9.17) is 0 Å². The molecule has 5 heteroatoms. The summed E-state index contributed by atoms with van der Waals surface area (Å²) in [5.74, 6) is -0.243. The second-order valence-corrected chi connectivity index (χ2v) is 6.22. The lowest BCUT2D eigenvalue weighted by Crippen LogP contribution is -2.40. The van der Waals surface area contributed by atoms with E-state index in [1.54, 1.807) is 0 Å². The van der Waals surface area contributed by atoms with E-state index in [-0.39, 0.29) is 18.5 Å². The average Bonchev–Trinajstić information content (AvgIpc) is 2.93. The SMILES string of the molecule is CC(c1ccc(F)c(Br)c1)N(CCO)CC1CCCN1. The van der Waals surface area contributed by atoms with Crippen molar-refractivity contribution in [1.82, 2.24) is 10.2 Å². The van der Waals surface area contributed by atoms with E-state index in [1.807, 2.05) is 12.1 Å². The quantitative estimate of drug-likeness (QED) is 0.832. The fourth-order valence-corrected chi connectivity index (χ4v) is 3.15. The van der Waals surface area contributed by atoms with Crippen molar-refractivity contribution >= 4 is 15.9 Å². The zero-order valence-corrected chi connectivity index (χ0v) is 13.4. The third-order valence-corrected chi connectivity index (χ3v) is 4.59. The van der Waals surface area contributed by atoms with Gasteiger partial charge >= 0.3 is 0 Å². The second-order valence-electron chi connectivity index (χ2n) is 5.36. The van der Waals surface area contributed by atoms with Crippen molar-refractivity contribution in [2.45, 2.75) is 31.8 Å². The molecule has 2 atom stereocenters. The minimum Gasteiger partial charge on any atom is -0.395 e. The molecule has 0 aromatic heterocycles. The number of aliphatic hydroxyl groups excluding tert-OH is 1. The zero-order chi connectivity index (χ0) is 14.5. The van der Waals surface area contributed by atoms with Crippen molar-refractivity contribution in [2.75, 3.05) is 26.2 Å². The minimum atomic E-state index is -0.243. The minimum absolute atomic E-state index is 0.138. The van der Waals surface area contributed by atoms with E-state index in [0.29, 0.717) is 17.1 Å². The Morgan fingerprint density at radius 1 is 1.55 bits per heavy atom. The summed E-state index contributed by atoms with van der Waals surface area (Å²) in [6, 6.07) is 5.78. The molecule has 2 N–H and O–H groups in total. The Kier molecular flexibility index (Phi) is 5.96. The Balaban J connectivity index is 2.07. The summed E-state index contributed by atoms with van der Waals surface area (Å²) >= 11 is 3.24. The van der Waals surface area contributed by atoms with Gasteiger partial charge in [0.2, 0.25) is 0 Å². The van der Waals surface area contributed by atoms with Crippen LogP contribution >= 0.6 is 15.9 Å². The molecule has 1 fully saturated rings. The summed E-state index contributed by atoms with van der Waals surface area (Å²) < 4.78 is 13.8. The highest BCUT2D eigenvalue weighted by molar-refractivity contribution is 9.10. The van der Waals surface area contributed by atoms with E-state index in [0.717, 1.165) is 18.7 Å². The van der Waals surface area contributed by atoms with Crippen LogP contribution in [0.15, 0.2) is 22.7 Å². The van der Waals surface area contributed by atoms with Crippen LogP contribution in [0.3, 0.4) is 0 Å². The molecule has 20 heavy (non-hydrogen) atoms. The predicted molar refractivity (Wildman–Crippen MR) is 82.2 cm³/mol. The maximum atomic E-state index is 13.3. The van der Waals surface area contributed by atoms with Crippen LogP contribution in [0.4, 0.5) is 4.39 Å². The first kappa shape index (κ1) is 15.9. The van der Waals surface area contributed by atoms with Crippen LogP contribution in [0.1, 0.15) is 31.4 Å². The van der Waals surface area contributed by atoms with Crippen LogP contribution in [0.25, 0.3) is 0 Å². The van der Waals surface area contributed by atoms with Gasteiger partial charge in [-0.1, -0.05) is 6.07 Å². The molecule has 2 rings (SSSR count). The molecule has 1 aromatic rings. The predicted octanol–water partition coefficient (Wildman–Crippen LogP) is 2.70. The summed E-state index contributed by atoms with van der Waals surface area (Å²) in [5.41, 5.74) is 1.06. The van der Waals surface area contributed by atoms with Gasteiger partial charge in [-0.2, -0.15) is 0 Å². The van der Waals surface area contributed by atoms with Gasteiger partial charge in [0.15, 0.2) is 0 Å². The number of hydrogen-bond acceptors (Lipinski definition) is 3. The highest BCUT2D eigenvalue weighted by Gasteiger charge is 2.22. The van der Waals surface area contributed by atoms with Gasteiger partial charge in [-0.05, 0) is 59.9 Å². The lowest BCUT2D eigenvalue weighted by molar-refractivity contribution is 0.147. The van der Waals surface area contributed by atoms with E-state index in [9.17, 15) is 9.50 Å². The fourth-order valence-electron chi connectivity index (χ4n) is 2.75. The van der Waals surface area contributed by atoms with Crippen LogP contribution in [0.5, 0.6) is 0 Å². The van der Waals surface area contributed by atoms with Gasteiger partial charge in [0.05, 0.1) is 11.1 Å². The first-order chi connectivity index (χ1) is 9.61. The average molecular weight is 345 g/mol. The molecule has 1 heterocycles. The van der Waals surface area contributed by atoms with Gasteiger partial charge in [0, 0.05) is 25.2 Å². The molecule has 2 unspecified atom stereocenters. The van der Waals surface area contributed by atoms with Gasteiger partial charge < -0.3 is 10.4 Å². The lowest BCUT2D eigenvalue weighted by atomic mass is 10.1. The van der Waals surface area contributed by atoms with Crippen molar-refractivity contribution in [3.63, 3.8) is 0 Å². The first-order valence-electron chi connectivity index (χ1n) is 7.15. The molecule has 0 amide bonds. The molecule has 0 spiro atoms. The third kappa shape index (κ3) is 4.01. The van der Waals surface area contributed by atoms with Crippen LogP contribution < -0.4 is 5.32 Å². The molecule has 1 saturated heterocycles. The van der Waals surface area contributed by atoms with Crippen LogP contribution in [-0.4, -0.2) is 42.3 Å². The molecule has 0 aliphatic carbocycles. The van der Waals surface area contributed by atoms with Gasteiger partial charge in [-0.15, -0.1) is 0 Å². The number of halogens is 2. The van der Waals surface area contributed by atoms with Crippen LogP contribution in [-0.2, 0) is 0 Å². The summed E-state index contributed by atoms with van der Waals surface area (Å²) in [6.45, 7) is 4.86. The van der Waals surface area contributed by atoms with Gasteiger partial charge in [-0.3, -0.25) is 4.90 Å². The molecule has 1 aliphatic rings. The monoisotopic (exact) mass is 344 g/mol. The molecule has 1 aliphatic heterocycles. The standard InChI is InChI=1S/C15H22BrFN2O/c1-11(12-4-5-15(17)14(16)9-12)19(7-8-20)10-13-3-2-6-18-13/h4-5,9,11,13,18,20H,2-3,6-8,10H2,1H3. The highest BCUT2D eigenvalue weighted by atomic mass is 79.9. The Bertz CT molecular complexity index is 438. The summed E-state index contributed by atoms with van der Waals surface area (Å²) in [7, 11) is 0. The first-order valence-corrected chi connectivity index (χ1v) is 7.94. The number of nitrogens with zero attached hydrogens (tertiary/aromatic N) is 1. The Labute approximate surface area is 128 Å². The largest absolute Gasteiger partial charge is 0.395 e. The molecule has 112 valence electrons. The molecule has 0 bridgehead atoms. The summed E-state index contributed by atoms with van der Waals surface area (Å²) in [5, 5.41) is 12.8. The second kappa shape index (κ2) is 7.50. The zero-order valence-electron chi connectivity index (χ0n) is 11.8. The summed E-state index contributed by atoms with van der Waals surface area (Å²) in [4.78, 5) is 2.25. The smallest absolute Gasteiger partial charge is 0.137 e. The lowest BCUT2D eigenvalue weighted by Gasteiger charge is -2.31. The van der Waals surface area contributed by atoms with Crippen molar-refractivity contribution in [3.8, 4) is 0 Å². The molecule has 0 saturated carbocycles. The van der Waals surface area contributed by atoms with Crippen molar-refractivity contribution < 1.29 is 9.50 Å². The highest BCUT2D eigenvalue weighted by Crippen LogP contribution is 2.25. The number of benzene rings is 1. The number of aliphatic hydroxyl groups is 1. The molecular weight excluding hydrogens is 323 g/mol. The van der Waals surface area contributed by atoms with Crippen LogP contribution in [0, 0.1) is 5.82 Å². The maximum absolute atomic E-state index is 13.3. The molecule has 3 nitrogen and oxygen atoms in total. The van der Waals surface area contributed by atoms with Crippen molar-refractivity contribution in [3.05, 3.63) is 34.1 Å². The molecule has 1 aromatic carbocycles. The Morgan fingerprint density at radius 3 is 2.95 bits per heavy atom. The maximum Gasteiger partial charge on any atom is 0.137 e. The number of hydrogen-bond donors (Lipinski definition) is 2. The molecular formula is C15H22BrFN2O. The van der Waals surface area contributed by atoms with E-state index in [2.05, 4.69) is 33.1 Å². The normalized spacial score (nSPS) is 20.6.